The normalized spacial score (nSPS) is 18.8. The average Bonchev–Trinajstić information content (AvgIpc) is 2.75. The van der Waals surface area contributed by atoms with Gasteiger partial charge in [-0.3, -0.25) is 0 Å². The topological polar surface area (TPSA) is 44.8 Å². The number of morpholine rings is 1. The van der Waals surface area contributed by atoms with E-state index >= 15 is 0 Å². The van der Waals surface area contributed by atoms with Gasteiger partial charge in [-0.1, -0.05) is 30.3 Å². The van der Waals surface area contributed by atoms with Gasteiger partial charge in [0.1, 0.15) is 5.82 Å². The number of hydrogen-bond donors (Lipinski definition) is 1. The predicted octanol–water partition coefficient (Wildman–Crippen LogP) is 4.04. The largest absolute Gasteiger partial charge is 0.378 e. The molecule has 5 nitrogen and oxygen atoms in total. The number of amides is 2. The van der Waals surface area contributed by atoms with Crippen molar-refractivity contribution >= 4 is 23.5 Å². The van der Waals surface area contributed by atoms with Gasteiger partial charge in [0.2, 0.25) is 0 Å². The molecule has 2 aromatic carbocycles. The van der Waals surface area contributed by atoms with Crippen LogP contribution in [0.15, 0.2) is 47.4 Å². The third-order valence-corrected chi connectivity index (χ3v) is 6.58. The molecule has 0 bridgehead atoms. The van der Waals surface area contributed by atoms with Crippen molar-refractivity contribution < 1.29 is 13.9 Å². The second-order valence-corrected chi connectivity index (χ2v) is 8.49. The van der Waals surface area contributed by atoms with Gasteiger partial charge in [-0.25, -0.2) is 9.18 Å². The monoisotopic (exact) mass is 415 g/mol. The Morgan fingerprint density at radius 1 is 1.24 bits per heavy atom. The first-order valence-corrected chi connectivity index (χ1v) is 11.0. The minimum Gasteiger partial charge on any atom is -0.378 e. The van der Waals surface area contributed by atoms with Gasteiger partial charge in [0.25, 0.3) is 0 Å². The lowest BCUT2D eigenvalue weighted by molar-refractivity contribution is 0.122. The highest BCUT2D eigenvalue weighted by molar-refractivity contribution is 7.99. The first-order chi connectivity index (χ1) is 14.1. The number of carbonyl (C=O) groups is 1. The maximum atomic E-state index is 14.1. The van der Waals surface area contributed by atoms with Crippen LogP contribution in [0.5, 0.6) is 0 Å². The summed E-state index contributed by atoms with van der Waals surface area (Å²) in [5, 5.41) is 3.09. The van der Waals surface area contributed by atoms with E-state index in [-0.39, 0.29) is 17.9 Å². The summed E-state index contributed by atoms with van der Waals surface area (Å²) in [5.74, 6) is 0.585. The summed E-state index contributed by atoms with van der Waals surface area (Å²) in [7, 11) is 1.80. The lowest BCUT2D eigenvalue weighted by Crippen LogP contribution is -2.41. The highest BCUT2D eigenvalue weighted by atomic mass is 32.2. The molecule has 0 spiro atoms. The summed E-state index contributed by atoms with van der Waals surface area (Å²) in [6.07, 6.45) is 0.797. The predicted molar refractivity (Wildman–Crippen MR) is 114 cm³/mol. The van der Waals surface area contributed by atoms with Crippen LogP contribution in [-0.4, -0.2) is 50.0 Å². The summed E-state index contributed by atoms with van der Waals surface area (Å²) >= 11 is 1.52. The van der Waals surface area contributed by atoms with Gasteiger partial charge in [-0.05, 0) is 29.7 Å². The molecule has 2 heterocycles. The quantitative estimate of drug-likeness (QED) is 0.819. The fourth-order valence-electron chi connectivity index (χ4n) is 3.88. The van der Waals surface area contributed by atoms with E-state index in [0.29, 0.717) is 11.4 Å². The van der Waals surface area contributed by atoms with Crippen LogP contribution in [0.1, 0.15) is 23.6 Å². The van der Waals surface area contributed by atoms with Crippen LogP contribution in [0.2, 0.25) is 0 Å². The molecule has 154 valence electrons. The zero-order valence-corrected chi connectivity index (χ0v) is 17.4. The fraction of sp³-hybridized carbons (Fsp3) is 0.409. The van der Waals surface area contributed by atoms with Gasteiger partial charge in [-0.15, -0.1) is 11.8 Å². The number of rotatable bonds is 4. The Kier molecular flexibility index (Phi) is 6.25. The molecular formula is C22H26FN3O2S. The second-order valence-electron chi connectivity index (χ2n) is 7.38. The minimum absolute atomic E-state index is 0.145. The molecule has 29 heavy (non-hydrogen) atoms. The Bertz CT molecular complexity index is 873. The van der Waals surface area contributed by atoms with Crippen molar-refractivity contribution in [2.24, 2.45) is 0 Å². The maximum absolute atomic E-state index is 14.1. The first kappa shape index (κ1) is 20.0. The maximum Gasteiger partial charge on any atom is 0.317 e. The number of para-hydroxylation sites is 1. The van der Waals surface area contributed by atoms with E-state index in [4.69, 9.17) is 4.74 Å². The van der Waals surface area contributed by atoms with Gasteiger partial charge in [0, 0.05) is 43.0 Å². The van der Waals surface area contributed by atoms with Crippen LogP contribution in [-0.2, 0) is 11.3 Å². The third-order valence-electron chi connectivity index (χ3n) is 5.42. The molecular weight excluding hydrogens is 389 g/mol. The Balaban J connectivity index is 1.44. The van der Waals surface area contributed by atoms with Gasteiger partial charge in [0.15, 0.2) is 0 Å². The Labute approximate surface area is 175 Å². The molecule has 1 fully saturated rings. The SMILES string of the molecule is CN(Cc1ccccc1N1CCOCC1)C(=O)NC1CCSc2c(F)cccc21. The number of nitrogens with one attached hydrogen (secondary N) is 1. The Hall–Kier alpha value is -2.25. The van der Waals surface area contributed by atoms with Crippen molar-refractivity contribution in [1.82, 2.24) is 10.2 Å². The van der Waals surface area contributed by atoms with Crippen LogP contribution in [0, 0.1) is 5.82 Å². The van der Waals surface area contributed by atoms with Crippen molar-refractivity contribution in [1.29, 1.82) is 0 Å². The number of ether oxygens (including phenoxy) is 1. The van der Waals surface area contributed by atoms with E-state index in [1.165, 1.54) is 17.8 Å². The van der Waals surface area contributed by atoms with E-state index in [0.717, 1.165) is 55.3 Å². The molecule has 2 aliphatic heterocycles. The van der Waals surface area contributed by atoms with E-state index in [1.54, 1.807) is 18.0 Å². The van der Waals surface area contributed by atoms with E-state index < -0.39 is 0 Å². The molecule has 2 aliphatic rings. The third kappa shape index (κ3) is 4.51. The highest BCUT2D eigenvalue weighted by Crippen LogP contribution is 2.37. The molecule has 2 aromatic rings. The van der Waals surface area contributed by atoms with Crippen molar-refractivity contribution in [2.45, 2.75) is 23.9 Å². The lowest BCUT2D eigenvalue weighted by Gasteiger charge is -2.32. The zero-order valence-electron chi connectivity index (χ0n) is 16.6. The van der Waals surface area contributed by atoms with Crippen molar-refractivity contribution in [2.75, 3.05) is 44.0 Å². The number of nitrogens with zero attached hydrogens (tertiary/aromatic N) is 2. The Morgan fingerprint density at radius 3 is 2.86 bits per heavy atom. The number of benzene rings is 2. The van der Waals surface area contributed by atoms with Crippen LogP contribution >= 0.6 is 11.8 Å². The van der Waals surface area contributed by atoms with Gasteiger partial charge in [0.05, 0.1) is 19.3 Å². The molecule has 0 radical (unpaired) electrons. The molecule has 1 N–H and O–H groups in total. The summed E-state index contributed by atoms with van der Waals surface area (Å²) in [5.41, 5.74) is 3.13. The van der Waals surface area contributed by atoms with Crippen molar-refractivity contribution in [3.05, 3.63) is 59.4 Å². The molecule has 1 unspecified atom stereocenters. The molecule has 0 aromatic heterocycles. The van der Waals surface area contributed by atoms with Gasteiger partial charge >= 0.3 is 6.03 Å². The van der Waals surface area contributed by atoms with Gasteiger partial charge in [-0.2, -0.15) is 0 Å². The molecule has 1 saturated heterocycles. The standard InChI is InChI=1S/C22H26FN3O2S/c1-25(15-16-5-2-3-8-20(16)26-10-12-28-13-11-26)22(27)24-19-9-14-29-21-17(19)6-4-7-18(21)23/h2-8,19H,9-15H2,1H3,(H,24,27). The van der Waals surface area contributed by atoms with Crippen LogP contribution in [0.4, 0.5) is 14.9 Å². The number of hydrogen-bond acceptors (Lipinski definition) is 4. The van der Waals surface area contributed by atoms with Crippen molar-refractivity contribution in [3.8, 4) is 0 Å². The summed E-state index contributed by atoms with van der Waals surface area (Å²) in [6.45, 7) is 3.67. The molecule has 0 saturated carbocycles. The molecule has 1 atom stereocenters. The lowest BCUT2D eigenvalue weighted by atomic mass is 10.0. The second kappa shape index (κ2) is 9.05. The van der Waals surface area contributed by atoms with E-state index in [1.807, 2.05) is 18.2 Å². The molecule has 7 heteroatoms. The first-order valence-electron chi connectivity index (χ1n) is 9.97. The van der Waals surface area contributed by atoms with E-state index in [2.05, 4.69) is 22.3 Å². The summed E-state index contributed by atoms with van der Waals surface area (Å²) in [6, 6.07) is 13.0. The number of anilines is 1. The zero-order chi connectivity index (χ0) is 20.2. The number of thioether (sulfide) groups is 1. The fourth-order valence-corrected chi connectivity index (χ4v) is 5.02. The number of fused-ring (bicyclic) bond motifs is 1. The smallest absolute Gasteiger partial charge is 0.317 e. The summed E-state index contributed by atoms with van der Waals surface area (Å²) < 4.78 is 19.5. The number of carbonyl (C=O) groups excluding carboxylic acids is 1. The molecule has 2 amide bonds. The number of halogens is 1. The number of urea groups is 1. The van der Waals surface area contributed by atoms with Crippen LogP contribution in [0.25, 0.3) is 0 Å². The average molecular weight is 416 g/mol. The highest BCUT2D eigenvalue weighted by Gasteiger charge is 2.26. The van der Waals surface area contributed by atoms with Crippen molar-refractivity contribution in [3.63, 3.8) is 0 Å². The van der Waals surface area contributed by atoms with Crippen LogP contribution < -0.4 is 10.2 Å². The molecule has 4 rings (SSSR count). The van der Waals surface area contributed by atoms with Gasteiger partial charge < -0.3 is 19.9 Å². The van der Waals surface area contributed by atoms with Crippen LogP contribution in [0.3, 0.4) is 0 Å². The van der Waals surface area contributed by atoms with E-state index in [9.17, 15) is 9.18 Å². The Morgan fingerprint density at radius 2 is 2.03 bits per heavy atom. The summed E-state index contributed by atoms with van der Waals surface area (Å²) in [4.78, 5) is 17.5. The molecule has 0 aliphatic carbocycles. The minimum atomic E-state index is -0.209.